The fourth-order valence-electron chi connectivity index (χ4n) is 0.744. The molecule has 0 radical (unpaired) electrons. The second-order valence-corrected chi connectivity index (χ2v) is 2.05. The van der Waals surface area contributed by atoms with Gasteiger partial charge in [0.15, 0.2) is 0 Å². The molecule has 9 heavy (non-hydrogen) atoms. The average Bonchev–Trinajstić information content (AvgIpc) is 2.00. The Kier molecular flexibility index (Phi) is 3.36. The SMILES string of the molecule is C1=C\CNNNCCC/1. The van der Waals surface area contributed by atoms with E-state index in [9.17, 15) is 0 Å². The third-order valence-electron chi connectivity index (χ3n) is 1.24. The number of hydrogen-bond acceptors (Lipinski definition) is 3. The van der Waals surface area contributed by atoms with E-state index in [4.69, 9.17) is 0 Å². The molecule has 1 heterocycles. The largest absolute Gasteiger partial charge is 0.244 e. The van der Waals surface area contributed by atoms with Crippen molar-refractivity contribution in [2.45, 2.75) is 12.8 Å². The minimum absolute atomic E-state index is 0.896. The number of rotatable bonds is 0. The molecule has 3 N–H and O–H groups in total. The van der Waals surface area contributed by atoms with Crippen molar-refractivity contribution in [1.29, 1.82) is 0 Å². The second-order valence-electron chi connectivity index (χ2n) is 2.05. The van der Waals surface area contributed by atoms with Crippen LogP contribution >= 0.6 is 0 Å². The Hall–Kier alpha value is -0.380. The van der Waals surface area contributed by atoms with Crippen molar-refractivity contribution in [3.05, 3.63) is 12.2 Å². The molecule has 0 amide bonds. The zero-order chi connectivity index (χ0) is 6.36. The molecule has 1 rings (SSSR count). The van der Waals surface area contributed by atoms with Crippen molar-refractivity contribution in [3.8, 4) is 0 Å². The van der Waals surface area contributed by atoms with Crippen LogP contribution < -0.4 is 16.4 Å². The highest BCUT2D eigenvalue weighted by Gasteiger charge is 1.86. The Balaban J connectivity index is 2.15. The molecular weight excluding hydrogens is 114 g/mol. The summed E-state index contributed by atoms with van der Waals surface area (Å²) in [4.78, 5) is 0. The fraction of sp³-hybridized carbons (Fsp3) is 0.667. The summed E-state index contributed by atoms with van der Waals surface area (Å²) in [6, 6.07) is 0. The Labute approximate surface area is 55.5 Å². The molecule has 0 saturated carbocycles. The van der Waals surface area contributed by atoms with Crippen LogP contribution in [0.25, 0.3) is 0 Å². The van der Waals surface area contributed by atoms with E-state index >= 15 is 0 Å². The summed E-state index contributed by atoms with van der Waals surface area (Å²) in [5, 5.41) is 0. The molecule has 0 bridgehead atoms. The zero-order valence-corrected chi connectivity index (χ0v) is 5.48. The summed E-state index contributed by atoms with van der Waals surface area (Å²) in [6.07, 6.45) is 6.70. The maximum Gasteiger partial charge on any atom is 0.0294 e. The molecule has 0 aromatic rings. The smallest absolute Gasteiger partial charge is 0.0294 e. The van der Waals surface area contributed by atoms with E-state index in [1.165, 1.54) is 12.8 Å². The third-order valence-corrected chi connectivity index (χ3v) is 1.24. The van der Waals surface area contributed by atoms with Gasteiger partial charge in [-0.05, 0) is 12.8 Å². The van der Waals surface area contributed by atoms with Gasteiger partial charge in [-0.15, -0.1) is 0 Å². The van der Waals surface area contributed by atoms with Crippen molar-refractivity contribution < 1.29 is 0 Å². The first-order valence-electron chi connectivity index (χ1n) is 3.36. The first-order valence-corrected chi connectivity index (χ1v) is 3.36. The van der Waals surface area contributed by atoms with Crippen molar-refractivity contribution in [1.82, 2.24) is 16.4 Å². The number of allylic oxidation sites excluding steroid dienone is 1. The molecular formula is C6H13N3. The predicted molar refractivity (Wildman–Crippen MR) is 37.5 cm³/mol. The van der Waals surface area contributed by atoms with Crippen LogP contribution in [-0.4, -0.2) is 13.1 Å². The van der Waals surface area contributed by atoms with Gasteiger partial charge in [-0.2, -0.15) is 5.53 Å². The highest BCUT2D eigenvalue weighted by atomic mass is 15.6. The molecule has 1 aliphatic rings. The summed E-state index contributed by atoms with van der Waals surface area (Å²) < 4.78 is 0. The van der Waals surface area contributed by atoms with Crippen LogP contribution in [0, 0.1) is 0 Å². The summed E-state index contributed by atoms with van der Waals surface area (Å²) in [5.41, 5.74) is 8.88. The van der Waals surface area contributed by atoms with Crippen molar-refractivity contribution >= 4 is 0 Å². The monoisotopic (exact) mass is 127 g/mol. The molecule has 0 aliphatic carbocycles. The lowest BCUT2D eigenvalue weighted by Crippen LogP contribution is -2.43. The van der Waals surface area contributed by atoms with Crippen LogP contribution in [0.3, 0.4) is 0 Å². The summed E-state index contributed by atoms with van der Waals surface area (Å²) >= 11 is 0. The highest BCUT2D eigenvalue weighted by Crippen LogP contribution is 1.88. The Morgan fingerprint density at radius 2 is 2.11 bits per heavy atom. The Morgan fingerprint density at radius 1 is 1.11 bits per heavy atom. The van der Waals surface area contributed by atoms with E-state index in [-0.39, 0.29) is 0 Å². The second kappa shape index (κ2) is 4.49. The molecule has 0 atom stereocenters. The van der Waals surface area contributed by atoms with Crippen molar-refractivity contribution in [3.63, 3.8) is 0 Å². The molecule has 0 spiro atoms. The first kappa shape index (κ1) is 6.74. The molecule has 3 nitrogen and oxygen atoms in total. The van der Waals surface area contributed by atoms with Gasteiger partial charge in [0.1, 0.15) is 0 Å². The molecule has 0 aromatic heterocycles. The minimum atomic E-state index is 0.896. The third kappa shape index (κ3) is 3.24. The summed E-state index contributed by atoms with van der Waals surface area (Å²) in [5.74, 6) is 0. The van der Waals surface area contributed by atoms with Gasteiger partial charge < -0.3 is 0 Å². The lowest BCUT2D eigenvalue weighted by atomic mass is 10.3. The maximum atomic E-state index is 3.03. The normalized spacial score (nSPS) is 25.8. The van der Waals surface area contributed by atoms with Crippen LogP contribution in [0.5, 0.6) is 0 Å². The predicted octanol–water partition coefficient (Wildman–Crippen LogP) is -0.0648. The van der Waals surface area contributed by atoms with Gasteiger partial charge in [-0.3, -0.25) is 0 Å². The minimum Gasteiger partial charge on any atom is -0.244 e. The van der Waals surface area contributed by atoms with E-state index in [0.717, 1.165) is 13.1 Å². The molecule has 3 heteroatoms. The van der Waals surface area contributed by atoms with Gasteiger partial charge in [0.25, 0.3) is 0 Å². The van der Waals surface area contributed by atoms with E-state index < -0.39 is 0 Å². The van der Waals surface area contributed by atoms with Crippen LogP contribution in [0.1, 0.15) is 12.8 Å². The molecule has 0 aromatic carbocycles. The van der Waals surface area contributed by atoms with Gasteiger partial charge in [-0.25, -0.2) is 10.9 Å². The van der Waals surface area contributed by atoms with Crippen molar-refractivity contribution in [2.24, 2.45) is 0 Å². The zero-order valence-electron chi connectivity index (χ0n) is 5.48. The molecule has 0 saturated heterocycles. The molecule has 0 fully saturated rings. The van der Waals surface area contributed by atoms with Crippen LogP contribution in [0.2, 0.25) is 0 Å². The number of hydrogen-bond donors (Lipinski definition) is 3. The lowest BCUT2D eigenvalue weighted by molar-refractivity contribution is 0.453. The fourth-order valence-corrected chi connectivity index (χ4v) is 0.744. The molecule has 0 unspecified atom stereocenters. The molecule has 1 aliphatic heterocycles. The molecule has 52 valence electrons. The average molecular weight is 127 g/mol. The van der Waals surface area contributed by atoms with Crippen LogP contribution in [-0.2, 0) is 0 Å². The Bertz CT molecular complexity index is 80.3. The van der Waals surface area contributed by atoms with Gasteiger partial charge in [0.05, 0.1) is 0 Å². The standard InChI is InChI=1S/C6H13N3/c1-2-4-6-8-9-7-5-3-1/h1,3,7-9H,2,4-6H2/b3-1-. The number of nitrogens with one attached hydrogen (secondary N) is 3. The Morgan fingerprint density at radius 3 is 3.11 bits per heavy atom. The summed E-state index contributed by atoms with van der Waals surface area (Å²) in [6.45, 7) is 1.92. The van der Waals surface area contributed by atoms with E-state index in [1.54, 1.807) is 0 Å². The van der Waals surface area contributed by atoms with Gasteiger partial charge in [0, 0.05) is 13.1 Å². The lowest BCUT2D eigenvalue weighted by Gasteiger charge is -2.03. The van der Waals surface area contributed by atoms with E-state index in [1.807, 2.05) is 0 Å². The van der Waals surface area contributed by atoms with Gasteiger partial charge in [0.2, 0.25) is 0 Å². The highest BCUT2D eigenvalue weighted by molar-refractivity contribution is 4.83. The quantitative estimate of drug-likeness (QED) is 0.399. The maximum absolute atomic E-state index is 3.03. The topological polar surface area (TPSA) is 36.1 Å². The summed E-state index contributed by atoms with van der Waals surface area (Å²) in [7, 11) is 0. The van der Waals surface area contributed by atoms with Crippen LogP contribution in [0.4, 0.5) is 0 Å². The van der Waals surface area contributed by atoms with Gasteiger partial charge >= 0.3 is 0 Å². The van der Waals surface area contributed by atoms with Gasteiger partial charge in [-0.1, -0.05) is 12.2 Å². The van der Waals surface area contributed by atoms with Crippen molar-refractivity contribution in [2.75, 3.05) is 13.1 Å². The number of hydrazine groups is 2. The van der Waals surface area contributed by atoms with E-state index in [2.05, 4.69) is 28.5 Å². The van der Waals surface area contributed by atoms with E-state index in [0.29, 0.717) is 0 Å². The van der Waals surface area contributed by atoms with Crippen LogP contribution in [0.15, 0.2) is 12.2 Å². The first-order chi connectivity index (χ1) is 4.50.